The smallest absolute Gasteiger partial charge is 0.0403 e. The monoisotopic (exact) mass is 290 g/mol. The minimum absolute atomic E-state index is 0.600. The molecular weight excluding hydrogens is 264 g/mol. The Hall–Kier alpha value is -0.670. The molecule has 2 unspecified atom stereocenters. The molecule has 0 aromatic heterocycles. The Bertz CT molecular complexity index is 415. The van der Waals surface area contributed by atoms with Crippen molar-refractivity contribution in [3.8, 4) is 0 Å². The fraction of sp³-hybridized carbons (Fsp3) is 0.647. The number of likely N-dealkylation sites (N-methyl/N-ethyl adjacent to an activating group) is 1. The average molecular weight is 290 g/mol. The van der Waals surface area contributed by atoms with E-state index in [1.54, 1.807) is 0 Å². The van der Waals surface area contributed by atoms with Crippen molar-refractivity contribution in [2.75, 3.05) is 18.9 Å². The second-order valence-electron chi connectivity index (χ2n) is 6.41. The molecule has 0 amide bonds. The van der Waals surface area contributed by atoms with Crippen LogP contribution in [0.4, 0.5) is 5.69 Å². The van der Waals surface area contributed by atoms with Crippen molar-refractivity contribution in [2.24, 2.45) is 0 Å². The van der Waals surface area contributed by atoms with Gasteiger partial charge in [0.05, 0.1) is 0 Å². The quantitative estimate of drug-likeness (QED) is 0.893. The highest BCUT2D eigenvalue weighted by Gasteiger charge is 2.25. The van der Waals surface area contributed by atoms with Crippen LogP contribution in [0, 0.1) is 0 Å². The van der Waals surface area contributed by atoms with Gasteiger partial charge in [0, 0.05) is 34.5 Å². The van der Waals surface area contributed by atoms with E-state index < -0.39 is 0 Å². The molecular formula is C17H26N2S. The maximum absolute atomic E-state index is 3.67. The highest BCUT2D eigenvalue weighted by atomic mass is 32.2. The van der Waals surface area contributed by atoms with Crippen LogP contribution >= 0.6 is 11.8 Å². The fourth-order valence-electron chi connectivity index (χ4n) is 3.36. The number of hydrogen-bond acceptors (Lipinski definition) is 3. The second kappa shape index (κ2) is 6.40. The van der Waals surface area contributed by atoms with E-state index in [-0.39, 0.29) is 0 Å². The maximum Gasteiger partial charge on any atom is 0.0403 e. The molecule has 1 saturated carbocycles. The summed E-state index contributed by atoms with van der Waals surface area (Å²) in [5.74, 6) is 0. The number of nitrogens with one attached hydrogen (secondary N) is 1. The van der Waals surface area contributed by atoms with Gasteiger partial charge in [-0.15, -0.1) is 11.8 Å². The van der Waals surface area contributed by atoms with Crippen LogP contribution in [-0.2, 0) is 0 Å². The molecule has 110 valence electrons. The van der Waals surface area contributed by atoms with Crippen molar-refractivity contribution < 1.29 is 0 Å². The van der Waals surface area contributed by atoms with Gasteiger partial charge in [-0.05, 0) is 57.5 Å². The third-order valence-corrected chi connectivity index (χ3v) is 6.07. The lowest BCUT2D eigenvalue weighted by Gasteiger charge is -2.15. The predicted molar refractivity (Wildman–Crippen MR) is 88.7 cm³/mol. The third-order valence-electron chi connectivity index (χ3n) is 4.72. The lowest BCUT2D eigenvalue weighted by atomic mass is 10.2. The van der Waals surface area contributed by atoms with Crippen molar-refractivity contribution in [2.45, 2.75) is 61.3 Å². The second-order valence-corrected chi connectivity index (χ2v) is 7.79. The molecule has 1 saturated heterocycles. The zero-order valence-corrected chi connectivity index (χ0v) is 13.5. The highest BCUT2D eigenvalue weighted by molar-refractivity contribution is 8.00. The standard InChI is InChI=1S/C17H26N2S/c1-13-11-15(12-19(13)2)18-14-7-9-17(10-8-14)20-16-5-3-4-6-16/h7-10,13,15-16,18H,3-6,11-12H2,1-2H3. The predicted octanol–water partition coefficient (Wildman–Crippen LogP) is 4.23. The number of nitrogens with zero attached hydrogens (tertiary/aromatic N) is 1. The fourth-order valence-corrected chi connectivity index (χ4v) is 4.61. The van der Waals surface area contributed by atoms with E-state index in [1.165, 1.54) is 42.7 Å². The summed E-state index contributed by atoms with van der Waals surface area (Å²) in [6.07, 6.45) is 6.89. The van der Waals surface area contributed by atoms with E-state index in [0.29, 0.717) is 12.1 Å². The summed E-state index contributed by atoms with van der Waals surface area (Å²) in [4.78, 5) is 3.86. The molecule has 3 rings (SSSR count). The lowest BCUT2D eigenvalue weighted by molar-refractivity contribution is 0.330. The van der Waals surface area contributed by atoms with Crippen LogP contribution in [-0.4, -0.2) is 35.8 Å². The summed E-state index contributed by atoms with van der Waals surface area (Å²) < 4.78 is 0. The number of benzene rings is 1. The molecule has 1 aromatic carbocycles. The summed E-state index contributed by atoms with van der Waals surface area (Å²) in [5.41, 5.74) is 1.27. The molecule has 0 spiro atoms. The molecule has 2 aliphatic rings. The molecule has 1 aliphatic heterocycles. The van der Waals surface area contributed by atoms with E-state index in [0.717, 1.165) is 11.8 Å². The van der Waals surface area contributed by atoms with Gasteiger partial charge in [0.1, 0.15) is 0 Å². The van der Waals surface area contributed by atoms with E-state index in [2.05, 4.69) is 60.2 Å². The number of hydrogen-bond donors (Lipinski definition) is 1. The molecule has 1 aromatic rings. The van der Waals surface area contributed by atoms with Gasteiger partial charge in [-0.3, -0.25) is 0 Å². The molecule has 2 fully saturated rings. The first kappa shape index (κ1) is 14.3. The zero-order chi connectivity index (χ0) is 13.9. The SMILES string of the molecule is CC1CC(Nc2ccc(SC3CCCC3)cc2)CN1C. The summed E-state index contributed by atoms with van der Waals surface area (Å²) in [5, 5.41) is 4.53. The summed E-state index contributed by atoms with van der Waals surface area (Å²) in [6.45, 7) is 3.46. The van der Waals surface area contributed by atoms with E-state index in [9.17, 15) is 0 Å². The first-order valence-corrected chi connectivity index (χ1v) is 8.82. The average Bonchev–Trinajstić information content (AvgIpc) is 3.03. The van der Waals surface area contributed by atoms with Crippen LogP contribution in [0.2, 0.25) is 0 Å². The van der Waals surface area contributed by atoms with Gasteiger partial charge in [-0.25, -0.2) is 0 Å². The molecule has 1 aliphatic carbocycles. The van der Waals surface area contributed by atoms with E-state index >= 15 is 0 Å². The Kier molecular flexibility index (Phi) is 4.57. The largest absolute Gasteiger partial charge is 0.381 e. The van der Waals surface area contributed by atoms with Crippen molar-refractivity contribution in [1.82, 2.24) is 4.90 Å². The van der Waals surface area contributed by atoms with E-state index in [1.807, 2.05) is 0 Å². The van der Waals surface area contributed by atoms with Crippen LogP contribution in [0.25, 0.3) is 0 Å². The summed E-state index contributed by atoms with van der Waals surface area (Å²) >= 11 is 2.07. The normalized spacial score (nSPS) is 28.1. The molecule has 20 heavy (non-hydrogen) atoms. The van der Waals surface area contributed by atoms with E-state index in [4.69, 9.17) is 0 Å². The van der Waals surface area contributed by atoms with Gasteiger partial charge in [0.15, 0.2) is 0 Å². The van der Waals surface area contributed by atoms with Gasteiger partial charge < -0.3 is 10.2 Å². The van der Waals surface area contributed by atoms with Crippen LogP contribution in [0.1, 0.15) is 39.0 Å². The lowest BCUT2D eigenvalue weighted by Crippen LogP contribution is -2.24. The first-order chi connectivity index (χ1) is 9.70. The third kappa shape index (κ3) is 3.50. The number of anilines is 1. The first-order valence-electron chi connectivity index (χ1n) is 7.94. The minimum atomic E-state index is 0.600. The van der Waals surface area contributed by atoms with Gasteiger partial charge in [-0.1, -0.05) is 12.8 Å². The van der Waals surface area contributed by atoms with Crippen LogP contribution in [0.5, 0.6) is 0 Å². The Morgan fingerprint density at radius 1 is 1.15 bits per heavy atom. The van der Waals surface area contributed by atoms with Gasteiger partial charge in [-0.2, -0.15) is 0 Å². The Morgan fingerprint density at radius 2 is 1.85 bits per heavy atom. The van der Waals surface area contributed by atoms with Gasteiger partial charge in [0.25, 0.3) is 0 Å². The topological polar surface area (TPSA) is 15.3 Å². The molecule has 2 atom stereocenters. The van der Waals surface area contributed by atoms with Crippen molar-refractivity contribution >= 4 is 17.4 Å². The van der Waals surface area contributed by atoms with Crippen molar-refractivity contribution in [1.29, 1.82) is 0 Å². The molecule has 2 nitrogen and oxygen atoms in total. The molecule has 1 N–H and O–H groups in total. The minimum Gasteiger partial charge on any atom is -0.381 e. The van der Waals surface area contributed by atoms with Gasteiger partial charge in [0.2, 0.25) is 0 Å². The van der Waals surface area contributed by atoms with Gasteiger partial charge >= 0.3 is 0 Å². The number of rotatable bonds is 4. The molecule has 3 heteroatoms. The molecule has 0 radical (unpaired) electrons. The summed E-state index contributed by atoms with van der Waals surface area (Å²) in [7, 11) is 2.22. The highest BCUT2D eigenvalue weighted by Crippen LogP contribution is 2.35. The summed E-state index contributed by atoms with van der Waals surface area (Å²) in [6, 6.07) is 10.4. The Morgan fingerprint density at radius 3 is 2.45 bits per heavy atom. The Balaban J connectivity index is 1.53. The Labute approximate surface area is 127 Å². The molecule has 0 bridgehead atoms. The van der Waals surface area contributed by atoms with Crippen LogP contribution < -0.4 is 5.32 Å². The van der Waals surface area contributed by atoms with Crippen molar-refractivity contribution in [3.63, 3.8) is 0 Å². The van der Waals surface area contributed by atoms with Crippen molar-refractivity contribution in [3.05, 3.63) is 24.3 Å². The van der Waals surface area contributed by atoms with Crippen LogP contribution in [0.3, 0.4) is 0 Å². The number of thioether (sulfide) groups is 1. The maximum atomic E-state index is 3.67. The molecule has 1 heterocycles. The van der Waals surface area contributed by atoms with Crippen LogP contribution in [0.15, 0.2) is 29.2 Å². The zero-order valence-electron chi connectivity index (χ0n) is 12.6. The number of likely N-dealkylation sites (tertiary alicyclic amines) is 1.